The fourth-order valence-corrected chi connectivity index (χ4v) is 5.58. The molecule has 13 heteroatoms. The summed E-state index contributed by atoms with van der Waals surface area (Å²) in [6.07, 6.45) is 1.63. The molecule has 3 heterocycles. The minimum Gasteiger partial charge on any atom is -0.480 e. The molecule has 1 aliphatic rings. The number of H-pyrrole nitrogens is 1. The highest BCUT2D eigenvalue weighted by Crippen LogP contribution is 2.38. The van der Waals surface area contributed by atoms with Crippen molar-refractivity contribution in [2.24, 2.45) is 0 Å². The van der Waals surface area contributed by atoms with Crippen molar-refractivity contribution in [3.8, 4) is 17.0 Å². The summed E-state index contributed by atoms with van der Waals surface area (Å²) in [4.78, 5) is 48.6. The monoisotopic (exact) mass is 692 g/mol. The van der Waals surface area contributed by atoms with Crippen LogP contribution in [0.3, 0.4) is 0 Å². The highest BCUT2D eigenvalue weighted by atomic mass is 35.5. The number of hydrogen-bond acceptors (Lipinski definition) is 10. The number of amides is 2. The second kappa shape index (κ2) is 15.8. The van der Waals surface area contributed by atoms with Crippen LogP contribution in [-0.2, 0) is 18.9 Å². The molecule has 0 aliphatic carbocycles. The molecule has 0 saturated carbocycles. The zero-order chi connectivity index (χ0) is 35.1. The van der Waals surface area contributed by atoms with Gasteiger partial charge in [0, 0.05) is 41.8 Å². The Morgan fingerprint density at radius 2 is 1.51 bits per heavy atom. The Bertz CT molecular complexity index is 1780. The van der Waals surface area contributed by atoms with Crippen molar-refractivity contribution in [2.45, 2.75) is 26.4 Å². The highest BCUT2D eigenvalue weighted by Gasteiger charge is 2.34. The maximum atomic E-state index is 12.8. The quantitative estimate of drug-likeness (QED) is 0.0895. The first-order valence-electron chi connectivity index (χ1n) is 16.0. The fraction of sp³-hybridized carbons (Fsp3) is 0.389. The summed E-state index contributed by atoms with van der Waals surface area (Å²) in [5, 5.41) is 1.17. The number of anilines is 1. The van der Waals surface area contributed by atoms with Crippen LogP contribution in [0.1, 0.15) is 51.8 Å². The summed E-state index contributed by atoms with van der Waals surface area (Å²) in [6, 6.07) is 14.2. The third-order valence-corrected chi connectivity index (χ3v) is 8.07. The van der Waals surface area contributed by atoms with Crippen molar-refractivity contribution in [1.82, 2.24) is 14.9 Å². The van der Waals surface area contributed by atoms with Crippen LogP contribution in [0.4, 0.5) is 5.82 Å². The molecule has 0 saturated heterocycles. The van der Waals surface area contributed by atoms with Crippen LogP contribution in [-0.4, -0.2) is 105 Å². The summed E-state index contributed by atoms with van der Waals surface area (Å²) < 4.78 is 28.1. The smallest absolute Gasteiger partial charge is 0.340 e. The molecule has 1 N–H and O–H groups in total. The van der Waals surface area contributed by atoms with Gasteiger partial charge in [-0.1, -0.05) is 23.7 Å². The standard InChI is InChI=1S/C36H41ClN4O8/c1-36(2,3)49-35(44)28-22-38-30-21-29(37)26(20-27(28)30)23-10-11-31(39-32(23)45-5)40(4)12-14-46-16-18-48-19-17-47-15-13-41-33(42)24-8-6-7-9-25(24)34(41)43/h6-11,20-22,38H,12-19H2,1-5H3. The van der Waals surface area contributed by atoms with Gasteiger partial charge in [0.25, 0.3) is 11.8 Å². The molecular formula is C36H41ClN4O8. The van der Waals surface area contributed by atoms with Crippen molar-refractivity contribution < 1.29 is 38.1 Å². The van der Waals surface area contributed by atoms with E-state index in [1.54, 1.807) is 43.6 Å². The summed E-state index contributed by atoms with van der Waals surface area (Å²) in [5.74, 6) is 0.0724. The van der Waals surface area contributed by atoms with Crippen LogP contribution in [0, 0.1) is 0 Å². The summed E-state index contributed by atoms with van der Waals surface area (Å²) in [6.45, 7) is 8.44. The number of carbonyl (C=O) groups is 3. The van der Waals surface area contributed by atoms with E-state index >= 15 is 0 Å². The van der Waals surface area contributed by atoms with Gasteiger partial charge in [-0.05, 0) is 57.2 Å². The maximum absolute atomic E-state index is 12.8. The van der Waals surface area contributed by atoms with Gasteiger partial charge in [-0.2, -0.15) is 4.98 Å². The number of aromatic nitrogens is 2. The number of ether oxygens (including phenoxy) is 5. The number of pyridine rings is 1. The molecule has 0 spiro atoms. The fourth-order valence-electron chi connectivity index (χ4n) is 5.31. The number of nitrogens with one attached hydrogen (secondary N) is 1. The molecule has 49 heavy (non-hydrogen) atoms. The Morgan fingerprint density at radius 3 is 2.14 bits per heavy atom. The molecule has 2 aromatic carbocycles. The van der Waals surface area contributed by atoms with E-state index < -0.39 is 11.6 Å². The van der Waals surface area contributed by atoms with Crippen molar-refractivity contribution in [1.29, 1.82) is 0 Å². The average Bonchev–Trinajstić information content (AvgIpc) is 3.59. The second-order valence-electron chi connectivity index (χ2n) is 12.4. The zero-order valence-corrected chi connectivity index (χ0v) is 29.1. The van der Waals surface area contributed by atoms with Gasteiger partial charge in [0.05, 0.1) is 75.0 Å². The van der Waals surface area contributed by atoms with Crippen LogP contribution < -0.4 is 9.64 Å². The number of esters is 1. The zero-order valence-electron chi connectivity index (χ0n) is 28.3. The molecule has 0 fully saturated rings. The number of hydrogen-bond donors (Lipinski definition) is 1. The molecule has 0 radical (unpaired) electrons. The Labute approximate surface area is 290 Å². The molecule has 2 amide bonds. The van der Waals surface area contributed by atoms with Crippen LogP contribution in [0.5, 0.6) is 5.88 Å². The maximum Gasteiger partial charge on any atom is 0.340 e. The molecule has 2 aromatic heterocycles. The molecule has 0 unspecified atom stereocenters. The summed E-state index contributed by atoms with van der Waals surface area (Å²) >= 11 is 6.68. The van der Waals surface area contributed by atoms with Gasteiger partial charge in [-0.3, -0.25) is 14.5 Å². The van der Waals surface area contributed by atoms with Gasteiger partial charge < -0.3 is 33.6 Å². The molecule has 0 atom stereocenters. The van der Waals surface area contributed by atoms with Crippen molar-refractivity contribution in [2.75, 3.05) is 71.8 Å². The van der Waals surface area contributed by atoms with Crippen LogP contribution >= 0.6 is 11.6 Å². The number of fused-ring (bicyclic) bond motifs is 2. The number of nitrogens with zero attached hydrogens (tertiary/aromatic N) is 3. The van der Waals surface area contributed by atoms with Crippen molar-refractivity contribution >= 4 is 46.1 Å². The topological polar surface area (TPSA) is 133 Å². The van der Waals surface area contributed by atoms with Crippen LogP contribution in [0.15, 0.2) is 54.7 Å². The Kier molecular flexibility index (Phi) is 11.6. The van der Waals surface area contributed by atoms with Gasteiger partial charge in [0.1, 0.15) is 11.4 Å². The van der Waals surface area contributed by atoms with Crippen LogP contribution in [0.2, 0.25) is 5.02 Å². The normalized spacial score (nSPS) is 12.9. The lowest BCUT2D eigenvalue weighted by Gasteiger charge is -2.20. The van der Waals surface area contributed by atoms with E-state index in [9.17, 15) is 14.4 Å². The van der Waals surface area contributed by atoms with Gasteiger partial charge in [-0.25, -0.2) is 4.79 Å². The average molecular weight is 693 g/mol. The molecular weight excluding hydrogens is 652 g/mol. The number of carbonyl (C=O) groups excluding carboxylic acids is 3. The predicted molar refractivity (Wildman–Crippen MR) is 186 cm³/mol. The third-order valence-electron chi connectivity index (χ3n) is 7.76. The molecule has 12 nitrogen and oxygen atoms in total. The van der Waals surface area contributed by atoms with Gasteiger partial charge in [0.15, 0.2) is 0 Å². The van der Waals surface area contributed by atoms with E-state index in [1.165, 1.54) is 4.90 Å². The van der Waals surface area contributed by atoms with E-state index in [0.29, 0.717) is 95.0 Å². The molecule has 4 aromatic rings. The minimum atomic E-state index is -0.628. The molecule has 0 bridgehead atoms. The first-order chi connectivity index (χ1) is 23.5. The Morgan fingerprint density at radius 1 is 0.878 bits per heavy atom. The first-order valence-corrected chi connectivity index (χ1v) is 16.3. The molecule has 5 rings (SSSR count). The Hall–Kier alpha value is -4.49. The molecule has 260 valence electrons. The lowest BCUT2D eigenvalue weighted by Crippen LogP contribution is -2.33. The minimum absolute atomic E-state index is 0.195. The van der Waals surface area contributed by atoms with Gasteiger partial charge in [-0.15, -0.1) is 0 Å². The number of likely N-dealkylation sites (N-methyl/N-ethyl adjacent to an activating group) is 1. The number of rotatable bonds is 16. The predicted octanol–water partition coefficient (Wildman–Crippen LogP) is 5.63. The number of aromatic amines is 1. The highest BCUT2D eigenvalue weighted by molar-refractivity contribution is 6.34. The first kappa shape index (κ1) is 35.8. The lowest BCUT2D eigenvalue weighted by molar-refractivity contribution is 0.00714. The van der Waals surface area contributed by atoms with Gasteiger partial charge >= 0.3 is 5.97 Å². The summed E-state index contributed by atoms with van der Waals surface area (Å²) in [7, 11) is 3.46. The third kappa shape index (κ3) is 8.57. The number of halogens is 1. The second-order valence-corrected chi connectivity index (χ2v) is 12.8. The van der Waals surface area contributed by atoms with E-state index in [2.05, 4.69) is 4.98 Å². The van der Waals surface area contributed by atoms with E-state index in [1.807, 2.05) is 50.9 Å². The number of imide groups is 1. The molecule has 1 aliphatic heterocycles. The largest absolute Gasteiger partial charge is 0.480 e. The van der Waals surface area contributed by atoms with Crippen molar-refractivity contribution in [3.05, 3.63) is 76.4 Å². The van der Waals surface area contributed by atoms with Crippen molar-refractivity contribution in [3.63, 3.8) is 0 Å². The Balaban J connectivity index is 1.03. The van der Waals surface area contributed by atoms with E-state index in [4.69, 9.17) is 40.3 Å². The SMILES string of the molecule is COc1nc(N(C)CCOCCOCCOCCN2C(=O)c3ccccc3C2=O)ccc1-c1cc2c(C(=O)OC(C)(C)C)c[nH]c2cc1Cl. The number of methoxy groups -OCH3 is 1. The van der Waals surface area contributed by atoms with E-state index in [0.717, 1.165) is 0 Å². The van der Waals surface area contributed by atoms with E-state index in [-0.39, 0.29) is 25.0 Å². The summed E-state index contributed by atoms with van der Waals surface area (Å²) in [5.41, 5.74) is 2.73. The van der Waals surface area contributed by atoms with Gasteiger partial charge in [0.2, 0.25) is 5.88 Å². The number of benzene rings is 2. The van der Waals surface area contributed by atoms with Crippen LogP contribution in [0.25, 0.3) is 22.0 Å². The lowest BCUT2D eigenvalue weighted by atomic mass is 10.0.